The summed E-state index contributed by atoms with van der Waals surface area (Å²) in [6, 6.07) is 17.7. The molecular formula is C26H26FNO3. The number of carbonyl (C=O) groups excluding carboxylic acids is 1. The van der Waals surface area contributed by atoms with Gasteiger partial charge >= 0.3 is 0 Å². The molecule has 1 unspecified atom stereocenters. The molecule has 0 aliphatic carbocycles. The quantitative estimate of drug-likeness (QED) is 0.571. The van der Waals surface area contributed by atoms with E-state index in [1.54, 1.807) is 26.4 Å². The highest BCUT2D eigenvalue weighted by atomic mass is 19.1. The van der Waals surface area contributed by atoms with E-state index < -0.39 is 0 Å². The Morgan fingerprint density at radius 2 is 1.65 bits per heavy atom. The highest BCUT2D eigenvalue weighted by Gasteiger charge is 2.33. The largest absolute Gasteiger partial charge is 0.493 e. The lowest BCUT2D eigenvalue weighted by Gasteiger charge is -2.38. The molecule has 31 heavy (non-hydrogen) atoms. The Hall–Kier alpha value is -3.34. The topological polar surface area (TPSA) is 38.8 Å². The number of rotatable bonds is 5. The van der Waals surface area contributed by atoms with Crippen LogP contribution in [0.25, 0.3) is 0 Å². The SMILES string of the molecule is CCc1ccc(C(=O)N2CCc3cc(OC)c(OC)cc3C2c2ccc(F)cc2)cc1. The fourth-order valence-corrected chi connectivity index (χ4v) is 4.22. The number of nitrogens with zero attached hydrogens (tertiary/aromatic N) is 1. The molecule has 0 saturated heterocycles. The van der Waals surface area contributed by atoms with E-state index in [0.717, 1.165) is 23.1 Å². The minimum atomic E-state index is -0.345. The molecular weight excluding hydrogens is 393 g/mol. The first-order valence-corrected chi connectivity index (χ1v) is 10.5. The van der Waals surface area contributed by atoms with Crippen molar-refractivity contribution in [3.05, 3.63) is 94.3 Å². The zero-order valence-corrected chi connectivity index (χ0v) is 18.0. The predicted octanol–water partition coefficient (Wildman–Crippen LogP) is 5.19. The van der Waals surface area contributed by atoms with Crippen molar-refractivity contribution in [3.63, 3.8) is 0 Å². The van der Waals surface area contributed by atoms with Crippen molar-refractivity contribution in [1.29, 1.82) is 0 Å². The molecule has 0 aromatic heterocycles. The molecule has 0 bridgehead atoms. The van der Waals surface area contributed by atoms with Gasteiger partial charge in [0.05, 0.1) is 20.3 Å². The fraction of sp³-hybridized carbons (Fsp3) is 0.269. The Labute approximate surface area is 182 Å². The Morgan fingerprint density at radius 1 is 1.00 bits per heavy atom. The van der Waals surface area contributed by atoms with E-state index in [1.807, 2.05) is 41.3 Å². The molecule has 1 aliphatic heterocycles. The molecule has 1 amide bonds. The van der Waals surface area contributed by atoms with Gasteiger partial charge in [0.25, 0.3) is 5.91 Å². The summed E-state index contributed by atoms with van der Waals surface area (Å²) in [5.41, 5.74) is 4.75. The Balaban J connectivity index is 1.81. The molecule has 0 saturated carbocycles. The summed E-state index contributed by atoms with van der Waals surface area (Å²) in [7, 11) is 3.21. The van der Waals surface area contributed by atoms with E-state index >= 15 is 0 Å². The summed E-state index contributed by atoms with van der Waals surface area (Å²) in [5.74, 6) is 0.918. The Morgan fingerprint density at radius 3 is 2.26 bits per heavy atom. The summed E-state index contributed by atoms with van der Waals surface area (Å²) in [5, 5.41) is 0. The van der Waals surface area contributed by atoms with Crippen LogP contribution in [0.4, 0.5) is 4.39 Å². The van der Waals surface area contributed by atoms with E-state index in [0.29, 0.717) is 30.0 Å². The van der Waals surface area contributed by atoms with Gasteiger partial charge in [0, 0.05) is 12.1 Å². The van der Waals surface area contributed by atoms with Gasteiger partial charge in [-0.05, 0) is 71.5 Å². The van der Waals surface area contributed by atoms with Gasteiger partial charge in [-0.25, -0.2) is 4.39 Å². The standard InChI is InChI=1S/C26H26FNO3/c1-4-17-5-7-19(8-6-17)26(29)28-14-13-20-15-23(30-2)24(31-3)16-22(20)25(28)18-9-11-21(27)12-10-18/h5-12,15-16,25H,4,13-14H2,1-3H3. The number of amides is 1. The van der Waals surface area contributed by atoms with Gasteiger partial charge in [-0.1, -0.05) is 31.2 Å². The van der Waals surface area contributed by atoms with Crippen LogP contribution < -0.4 is 9.47 Å². The van der Waals surface area contributed by atoms with Crippen LogP contribution in [0.5, 0.6) is 11.5 Å². The Bertz CT molecular complexity index is 1080. The van der Waals surface area contributed by atoms with Crippen molar-refractivity contribution < 1.29 is 18.7 Å². The minimum absolute atomic E-state index is 0.0441. The number of aryl methyl sites for hydroxylation is 1. The van der Waals surface area contributed by atoms with Gasteiger partial charge in [-0.15, -0.1) is 0 Å². The smallest absolute Gasteiger partial charge is 0.254 e. The number of hydrogen-bond donors (Lipinski definition) is 0. The summed E-state index contributed by atoms with van der Waals surface area (Å²) in [6.07, 6.45) is 1.62. The highest BCUT2D eigenvalue weighted by molar-refractivity contribution is 5.95. The summed E-state index contributed by atoms with van der Waals surface area (Å²) >= 11 is 0. The molecule has 1 atom stereocenters. The third-order valence-corrected chi connectivity index (χ3v) is 5.93. The van der Waals surface area contributed by atoms with Gasteiger partial charge in [0.2, 0.25) is 0 Å². The lowest BCUT2D eigenvalue weighted by atomic mass is 9.87. The maximum absolute atomic E-state index is 13.6. The second kappa shape index (κ2) is 8.80. The first-order valence-electron chi connectivity index (χ1n) is 10.5. The normalized spacial score (nSPS) is 15.4. The van der Waals surface area contributed by atoms with Gasteiger partial charge < -0.3 is 14.4 Å². The van der Waals surface area contributed by atoms with Crippen LogP contribution >= 0.6 is 0 Å². The second-order valence-electron chi connectivity index (χ2n) is 7.66. The fourth-order valence-electron chi connectivity index (χ4n) is 4.22. The van der Waals surface area contributed by atoms with E-state index in [9.17, 15) is 9.18 Å². The van der Waals surface area contributed by atoms with E-state index in [2.05, 4.69) is 6.92 Å². The van der Waals surface area contributed by atoms with E-state index in [4.69, 9.17) is 9.47 Å². The summed E-state index contributed by atoms with van der Waals surface area (Å²) < 4.78 is 24.6. The number of benzene rings is 3. The van der Waals surface area contributed by atoms with Crippen LogP contribution in [-0.2, 0) is 12.8 Å². The first-order chi connectivity index (χ1) is 15.0. The van der Waals surface area contributed by atoms with Crippen molar-refractivity contribution in [1.82, 2.24) is 4.90 Å². The van der Waals surface area contributed by atoms with Crippen LogP contribution in [0.3, 0.4) is 0 Å². The van der Waals surface area contributed by atoms with Crippen molar-refractivity contribution >= 4 is 5.91 Å². The molecule has 1 aliphatic rings. The predicted molar refractivity (Wildman–Crippen MR) is 118 cm³/mol. The Kier molecular flexibility index (Phi) is 5.94. The highest BCUT2D eigenvalue weighted by Crippen LogP contribution is 2.41. The number of fused-ring (bicyclic) bond motifs is 1. The number of hydrogen-bond acceptors (Lipinski definition) is 3. The molecule has 4 rings (SSSR count). The minimum Gasteiger partial charge on any atom is -0.493 e. The van der Waals surface area contributed by atoms with Crippen LogP contribution in [-0.4, -0.2) is 31.6 Å². The van der Waals surface area contributed by atoms with Crippen molar-refractivity contribution in [3.8, 4) is 11.5 Å². The van der Waals surface area contributed by atoms with Crippen molar-refractivity contribution in [2.24, 2.45) is 0 Å². The first kappa shape index (κ1) is 20.9. The van der Waals surface area contributed by atoms with Crippen molar-refractivity contribution in [2.75, 3.05) is 20.8 Å². The van der Waals surface area contributed by atoms with E-state index in [1.165, 1.54) is 17.7 Å². The molecule has 4 nitrogen and oxygen atoms in total. The van der Waals surface area contributed by atoms with Crippen molar-refractivity contribution in [2.45, 2.75) is 25.8 Å². The van der Waals surface area contributed by atoms with E-state index in [-0.39, 0.29) is 17.8 Å². The maximum Gasteiger partial charge on any atom is 0.254 e. The van der Waals surface area contributed by atoms with Gasteiger partial charge in [-0.3, -0.25) is 4.79 Å². The van der Waals surface area contributed by atoms with Gasteiger partial charge in [0.15, 0.2) is 11.5 Å². The van der Waals surface area contributed by atoms with Crippen LogP contribution in [0, 0.1) is 5.82 Å². The number of ether oxygens (including phenoxy) is 2. The zero-order chi connectivity index (χ0) is 22.0. The lowest BCUT2D eigenvalue weighted by Crippen LogP contribution is -2.40. The molecule has 0 radical (unpaired) electrons. The molecule has 160 valence electrons. The molecule has 0 fully saturated rings. The number of methoxy groups -OCH3 is 2. The third-order valence-electron chi connectivity index (χ3n) is 5.93. The molecule has 1 heterocycles. The summed E-state index contributed by atoms with van der Waals surface area (Å²) in [4.78, 5) is 15.4. The molecule has 3 aromatic rings. The average Bonchev–Trinajstić information content (AvgIpc) is 2.82. The lowest BCUT2D eigenvalue weighted by molar-refractivity contribution is 0.0694. The summed E-state index contributed by atoms with van der Waals surface area (Å²) in [6.45, 7) is 2.64. The number of carbonyl (C=O) groups is 1. The molecule has 0 N–H and O–H groups in total. The third kappa shape index (κ3) is 4.00. The van der Waals surface area contributed by atoms with Crippen LogP contribution in [0.1, 0.15) is 45.6 Å². The van der Waals surface area contributed by atoms with Gasteiger partial charge in [-0.2, -0.15) is 0 Å². The monoisotopic (exact) mass is 419 g/mol. The maximum atomic E-state index is 13.6. The van der Waals surface area contributed by atoms with Crippen LogP contribution in [0.15, 0.2) is 60.7 Å². The average molecular weight is 419 g/mol. The molecule has 5 heteroatoms. The zero-order valence-electron chi connectivity index (χ0n) is 18.0. The van der Waals surface area contributed by atoms with Crippen LogP contribution in [0.2, 0.25) is 0 Å². The molecule has 0 spiro atoms. The number of halogens is 1. The molecule has 3 aromatic carbocycles. The van der Waals surface area contributed by atoms with Gasteiger partial charge in [0.1, 0.15) is 5.82 Å². The second-order valence-corrected chi connectivity index (χ2v) is 7.66.